The Bertz CT molecular complexity index is 652. The van der Waals surface area contributed by atoms with Crippen LogP contribution in [0.15, 0.2) is 27.8 Å². The molecule has 130 valence electrons. The van der Waals surface area contributed by atoms with Gasteiger partial charge < -0.3 is 14.6 Å². The Morgan fingerprint density at radius 2 is 2.21 bits per heavy atom. The molecular weight excluding hydrogens is 304 g/mol. The van der Waals surface area contributed by atoms with Gasteiger partial charge in [0.2, 0.25) is 5.82 Å². The summed E-state index contributed by atoms with van der Waals surface area (Å²) in [5.74, 6) is 4.49. The number of aromatic nitrogens is 3. The molecule has 7 nitrogen and oxygen atoms in total. The van der Waals surface area contributed by atoms with E-state index >= 15 is 0 Å². The van der Waals surface area contributed by atoms with Crippen LogP contribution in [-0.4, -0.2) is 52.7 Å². The minimum absolute atomic E-state index is 0.595. The zero-order valence-corrected chi connectivity index (χ0v) is 14.6. The highest BCUT2D eigenvalue weighted by molar-refractivity contribution is 5.80. The van der Waals surface area contributed by atoms with Crippen LogP contribution >= 0.6 is 0 Å². The van der Waals surface area contributed by atoms with Gasteiger partial charge in [-0.1, -0.05) is 13.8 Å². The van der Waals surface area contributed by atoms with E-state index in [0.29, 0.717) is 23.4 Å². The number of H-pyrrole nitrogens is 1. The van der Waals surface area contributed by atoms with Crippen molar-refractivity contribution >= 4 is 5.96 Å². The second kappa shape index (κ2) is 7.51. The van der Waals surface area contributed by atoms with E-state index in [1.165, 1.54) is 6.42 Å². The number of likely N-dealkylation sites (tertiary alicyclic amines) is 1. The molecule has 0 amide bonds. The van der Waals surface area contributed by atoms with E-state index in [0.717, 1.165) is 37.8 Å². The Morgan fingerprint density at radius 3 is 2.88 bits per heavy atom. The molecule has 2 aromatic rings. The maximum Gasteiger partial charge on any atom is 0.216 e. The van der Waals surface area contributed by atoms with Crippen LogP contribution in [0.1, 0.15) is 26.1 Å². The van der Waals surface area contributed by atoms with Crippen molar-refractivity contribution in [3.63, 3.8) is 0 Å². The van der Waals surface area contributed by atoms with Crippen LogP contribution in [0.25, 0.3) is 11.6 Å². The Balaban J connectivity index is 1.51. The van der Waals surface area contributed by atoms with Crippen molar-refractivity contribution in [3.8, 4) is 11.6 Å². The standard InChI is InChI=1S/C17H26N6O/c1-12-9-13(2)11-23(10-12)17(18-3)19-7-6-15-20-16(22-21-15)14-5-4-8-24-14/h4-5,8,12-13H,6-7,9-11H2,1-3H3,(H,18,19)(H,20,21,22). The summed E-state index contributed by atoms with van der Waals surface area (Å²) < 4.78 is 5.31. The molecule has 1 aliphatic heterocycles. The predicted molar refractivity (Wildman–Crippen MR) is 93.7 cm³/mol. The summed E-state index contributed by atoms with van der Waals surface area (Å²) in [6.07, 6.45) is 3.67. The first kappa shape index (κ1) is 16.5. The van der Waals surface area contributed by atoms with E-state index in [4.69, 9.17) is 4.42 Å². The molecule has 0 saturated carbocycles. The number of furan rings is 1. The van der Waals surface area contributed by atoms with Crippen LogP contribution < -0.4 is 5.32 Å². The number of aromatic amines is 1. The van der Waals surface area contributed by atoms with E-state index < -0.39 is 0 Å². The van der Waals surface area contributed by atoms with Gasteiger partial charge in [0.05, 0.1) is 6.26 Å². The molecule has 3 heterocycles. The molecule has 0 radical (unpaired) electrons. The third kappa shape index (κ3) is 3.96. The molecule has 2 N–H and O–H groups in total. The summed E-state index contributed by atoms with van der Waals surface area (Å²) in [6.45, 7) is 7.50. The zero-order valence-electron chi connectivity index (χ0n) is 14.6. The number of guanidine groups is 1. The molecule has 7 heteroatoms. The van der Waals surface area contributed by atoms with Gasteiger partial charge in [-0.25, -0.2) is 4.98 Å². The summed E-state index contributed by atoms with van der Waals surface area (Å²) >= 11 is 0. The quantitative estimate of drug-likeness (QED) is 0.663. The largest absolute Gasteiger partial charge is 0.461 e. The molecule has 3 rings (SSSR count). The lowest BCUT2D eigenvalue weighted by molar-refractivity contribution is 0.208. The summed E-state index contributed by atoms with van der Waals surface area (Å²) in [6, 6.07) is 3.68. The fraction of sp³-hybridized carbons (Fsp3) is 0.588. The molecule has 1 aliphatic rings. The van der Waals surface area contributed by atoms with Crippen molar-refractivity contribution in [1.82, 2.24) is 25.4 Å². The van der Waals surface area contributed by atoms with E-state index in [2.05, 4.69) is 44.2 Å². The molecule has 1 fully saturated rings. The first-order valence-corrected chi connectivity index (χ1v) is 8.56. The SMILES string of the molecule is CN=C(NCCc1nc(-c2ccco2)n[nH]1)N1CC(C)CC(C)C1. The number of piperidine rings is 1. The van der Waals surface area contributed by atoms with Gasteiger partial charge in [-0.15, -0.1) is 0 Å². The van der Waals surface area contributed by atoms with Crippen molar-refractivity contribution in [2.45, 2.75) is 26.7 Å². The molecule has 0 aliphatic carbocycles. The predicted octanol–water partition coefficient (Wildman–Crippen LogP) is 2.16. The number of nitrogens with zero attached hydrogens (tertiary/aromatic N) is 4. The average molecular weight is 330 g/mol. The Hall–Kier alpha value is -2.31. The van der Waals surface area contributed by atoms with Gasteiger partial charge in [-0.3, -0.25) is 10.1 Å². The van der Waals surface area contributed by atoms with Crippen molar-refractivity contribution in [3.05, 3.63) is 24.2 Å². The van der Waals surface area contributed by atoms with Crippen molar-refractivity contribution in [2.75, 3.05) is 26.7 Å². The maximum atomic E-state index is 5.31. The Kier molecular flexibility index (Phi) is 5.17. The highest BCUT2D eigenvalue weighted by Crippen LogP contribution is 2.20. The van der Waals surface area contributed by atoms with E-state index in [1.807, 2.05) is 19.2 Å². The molecule has 2 unspecified atom stereocenters. The second-order valence-corrected chi connectivity index (χ2v) is 6.66. The molecule has 24 heavy (non-hydrogen) atoms. The number of hydrogen-bond acceptors (Lipinski definition) is 4. The number of nitrogens with one attached hydrogen (secondary N) is 2. The van der Waals surface area contributed by atoms with E-state index in [1.54, 1.807) is 6.26 Å². The van der Waals surface area contributed by atoms with Gasteiger partial charge in [-0.2, -0.15) is 5.10 Å². The number of aliphatic imine (C=N–C) groups is 1. The Morgan fingerprint density at radius 1 is 1.42 bits per heavy atom. The second-order valence-electron chi connectivity index (χ2n) is 6.66. The van der Waals surface area contributed by atoms with Crippen LogP contribution in [-0.2, 0) is 6.42 Å². The maximum absolute atomic E-state index is 5.31. The molecule has 1 saturated heterocycles. The fourth-order valence-electron chi connectivity index (χ4n) is 3.38. The van der Waals surface area contributed by atoms with Gasteiger partial charge in [0.1, 0.15) is 5.82 Å². The minimum atomic E-state index is 0.595. The van der Waals surface area contributed by atoms with Crippen LogP contribution in [0.2, 0.25) is 0 Å². The molecule has 0 bridgehead atoms. The molecule has 0 aromatic carbocycles. The third-order valence-electron chi connectivity index (χ3n) is 4.30. The lowest BCUT2D eigenvalue weighted by Gasteiger charge is -2.37. The van der Waals surface area contributed by atoms with Crippen LogP contribution in [0.3, 0.4) is 0 Å². The highest BCUT2D eigenvalue weighted by atomic mass is 16.3. The topological polar surface area (TPSA) is 82.3 Å². The molecule has 2 atom stereocenters. The molecule has 2 aromatic heterocycles. The van der Waals surface area contributed by atoms with Crippen molar-refractivity contribution in [2.24, 2.45) is 16.8 Å². The van der Waals surface area contributed by atoms with E-state index in [9.17, 15) is 0 Å². The summed E-state index contributed by atoms with van der Waals surface area (Å²) in [4.78, 5) is 11.2. The van der Waals surface area contributed by atoms with Crippen LogP contribution in [0.5, 0.6) is 0 Å². The van der Waals surface area contributed by atoms with Gasteiger partial charge in [-0.05, 0) is 30.4 Å². The van der Waals surface area contributed by atoms with Crippen molar-refractivity contribution < 1.29 is 4.42 Å². The van der Waals surface area contributed by atoms with Crippen LogP contribution in [0, 0.1) is 11.8 Å². The fourth-order valence-corrected chi connectivity index (χ4v) is 3.38. The molecular formula is C17H26N6O. The van der Waals surface area contributed by atoms with Gasteiger partial charge in [0, 0.05) is 33.1 Å². The van der Waals surface area contributed by atoms with Gasteiger partial charge >= 0.3 is 0 Å². The minimum Gasteiger partial charge on any atom is -0.461 e. The first-order chi connectivity index (χ1) is 11.7. The summed E-state index contributed by atoms with van der Waals surface area (Å²) in [7, 11) is 1.84. The lowest BCUT2D eigenvalue weighted by Crippen LogP contribution is -2.48. The first-order valence-electron chi connectivity index (χ1n) is 8.56. The Labute approximate surface area is 142 Å². The van der Waals surface area contributed by atoms with Gasteiger partial charge in [0.25, 0.3) is 0 Å². The summed E-state index contributed by atoms with van der Waals surface area (Å²) in [5.41, 5.74) is 0. The molecule has 0 spiro atoms. The lowest BCUT2D eigenvalue weighted by atomic mass is 9.92. The van der Waals surface area contributed by atoms with Crippen molar-refractivity contribution in [1.29, 1.82) is 0 Å². The number of hydrogen-bond donors (Lipinski definition) is 2. The average Bonchev–Trinajstić information content (AvgIpc) is 3.21. The third-order valence-corrected chi connectivity index (χ3v) is 4.30. The zero-order chi connectivity index (χ0) is 16.9. The van der Waals surface area contributed by atoms with Gasteiger partial charge in [0.15, 0.2) is 11.7 Å². The normalized spacial score (nSPS) is 22.0. The highest BCUT2D eigenvalue weighted by Gasteiger charge is 2.23. The summed E-state index contributed by atoms with van der Waals surface area (Å²) in [5, 5.41) is 10.6. The monoisotopic (exact) mass is 330 g/mol. The number of rotatable bonds is 4. The van der Waals surface area contributed by atoms with E-state index in [-0.39, 0.29) is 0 Å². The van der Waals surface area contributed by atoms with Crippen LogP contribution in [0.4, 0.5) is 0 Å². The smallest absolute Gasteiger partial charge is 0.216 e.